The number of fused-ring (bicyclic) bond motifs is 3. The molecular formula is C65H48Cl4N18O16S3. The molecule has 3 aliphatic heterocycles. The predicted octanol–water partition coefficient (Wildman–Crippen LogP) is 10.2. The quantitative estimate of drug-likeness (QED) is 0.0297. The molecule has 540 valence electrons. The maximum Gasteiger partial charge on any atom is 0.331 e. The number of aliphatic imine (C=N–C) groups is 3. The second-order valence-corrected chi connectivity index (χ2v) is 28.9. The number of benzene rings is 6. The standard InChI is InChI=1S/C22H17ClN6O6S.C22H17ClN6O5S.C21H14Cl2N6O5S/c1-24-17-16(22(31)35-3)20-26-19(11-5-7-12(8-6-11)28-36(4,32)33)27-29(20)21(17)25-13-9-14(23)18(30)15(10-13)34-2;1-11-9-14(10-15(23)18(11)30)25-21-17(24-2)16(22(31)34-3)20-26-19(27-29(20)21)12-5-7-13(8-6-12)28-35(4,32)33;1-24-16-15(21(31)34-2)19-26-18(10-4-6-11(7-5-10)28-35(3,32)33)27-29(19)20(16)25-12-8-13(22)17(30)14(23)9-12/h5-10,28,30H,2-4H3;5-10,28,30H,1,3-4H3;4-9,28,30H,2-3H3. The zero-order chi connectivity index (χ0) is 77.2. The van der Waals surface area contributed by atoms with Gasteiger partial charge in [-0.1, -0.05) is 46.4 Å². The molecule has 0 radical (unpaired) electrons. The highest BCUT2D eigenvalue weighted by Gasteiger charge is 2.40. The number of nitrogens with zero attached hydrogens (tertiary/aromatic N) is 15. The highest BCUT2D eigenvalue weighted by molar-refractivity contribution is 7.92. The molecule has 106 heavy (non-hydrogen) atoms. The van der Waals surface area contributed by atoms with Gasteiger partial charge >= 0.3 is 17.9 Å². The maximum atomic E-state index is 12.6. The third-order valence-electron chi connectivity index (χ3n) is 14.5. The number of nitrogens with one attached hydrogen (secondary N) is 3. The highest BCUT2D eigenvalue weighted by atomic mass is 35.5. The van der Waals surface area contributed by atoms with E-state index in [1.807, 2.05) is 0 Å². The van der Waals surface area contributed by atoms with E-state index >= 15 is 0 Å². The van der Waals surface area contributed by atoms with Gasteiger partial charge in [-0.15, -0.1) is 15.3 Å². The lowest BCUT2D eigenvalue weighted by atomic mass is 10.2. The van der Waals surface area contributed by atoms with Gasteiger partial charge in [0.15, 0.2) is 69.7 Å². The predicted molar refractivity (Wildman–Crippen MR) is 392 cm³/mol. The lowest BCUT2D eigenvalue weighted by Crippen LogP contribution is -2.11. The van der Waals surface area contributed by atoms with Crippen LogP contribution in [0.4, 0.5) is 34.1 Å². The van der Waals surface area contributed by atoms with Gasteiger partial charge in [-0.05, 0) is 116 Å². The van der Waals surface area contributed by atoms with Gasteiger partial charge in [0.1, 0.15) is 22.5 Å². The number of esters is 3. The molecule has 0 saturated carbocycles. The molecule has 0 saturated heterocycles. The summed E-state index contributed by atoms with van der Waals surface area (Å²) in [6, 6.07) is 27.2. The van der Waals surface area contributed by atoms with Gasteiger partial charge in [0.25, 0.3) is 0 Å². The molecule has 34 nitrogen and oxygen atoms in total. The summed E-state index contributed by atoms with van der Waals surface area (Å²) in [6.45, 7) is 24.5. The van der Waals surface area contributed by atoms with Crippen molar-refractivity contribution >= 4 is 163 Å². The fourth-order valence-electron chi connectivity index (χ4n) is 9.93. The Bertz CT molecular complexity index is 5630. The summed E-state index contributed by atoms with van der Waals surface area (Å²) in [5.74, 6) is -2.30. The molecule has 0 atom stereocenters. The van der Waals surface area contributed by atoms with Crippen LogP contribution in [0.1, 0.15) is 23.0 Å². The van der Waals surface area contributed by atoms with E-state index in [-0.39, 0.29) is 141 Å². The molecule has 3 aliphatic rings. The van der Waals surface area contributed by atoms with Crippen molar-refractivity contribution in [3.05, 3.63) is 204 Å². The Hall–Kier alpha value is -12.5. The summed E-state index contributed by atoms with van der Waals surface area (Å²) in [5.41, 5.74) is 3.06. The third kappa shape index (κ3) is 16.3. The van der Waals surface area contributed by atoms with Crippen molar-refractivity contribution in [1.29, 1.82) is 0 Å². The summed E-state index contributed by atoms with van der Waals surface area (Å²) in [6.07, 6.45) is 3.12. The number of aryl methyl sites for hydroxylation is 1. The molecule has 41 heteroatoms. The van der Waals surface area contributed by atoms with Crippen molar-refractivity contribution < 1.29 is 73.9 Å². The number of anilines is 3. The lowest BCUT2D eigenvalue weighted by molar-refractivity contribution is -0.134. The maximum absolute atomic E-state index is 12.6. The number of carbonyl (C=O) groups is 3. The molecule has 3 aromatic heterocycles. The van der Waals surface area contributed by atoms with Crippen LogP contribution in [0, 0.1) is 26.6 Å². The Balaban J connectivity index is 0.000000170. The molecule has 0 spiro atoms. The van der Waals surface area contributed by atoms with E-state index < -0.39 is 48.0 Å². The number of aromatic nitrogens is 9. The molecule has 9 aromatic rings. The number of methoxy groups -OCH3 is 4. The molecule has 0 amide bonds. The van der Waals surface area contributed by atoms with Crippen LogP contribution in [0.15, 0.2) is 141 Å². The van der Waals surface area contributed by atoms with Crippen molar-refractivity contribution in [2.45, 2.75) is 6.92 Å². The van der Waals surface area contributed by atoms with Crippen LogP contribution in [0.2, 0.25) is 20.1 Å². The van der Waals surface area contributed by atoms with Crippen LogP contribution in [0.5, 0.6) is 23.0 Å². The highest BCUT2D eigenvalue weighted by Crippen LogP contribution is 2.42. The summed E-state index contributed by atoms with van der Waals surface area (Å²) < 4.78 is 99.1. The van der Waals surface area contributed by atoms with E-state index in [0.29, 0.717) is 45.0 Å². The number of phenols is 3. The Morgan fingerprint density at radius 1 is 0.443 bits per heavy atom. The van der Waals surface area contributed by atoms with Gasteiger partial charge in [-0.2, -0.15) is 0 Å². The van der Waals surface area contributed by atoms with Crippen LogP contribution in [0.25, 0.3) is 65.4 Å². The van der Waals surface area contributed by atoms with E-state index in [0.717, 1.165) is 18.8 Å². The summed E-state index contributed by atoms with van der Waals surface area (Å²) in [4.78, 5) is 74.5. The molecule has 6 heterocycles. The number of sulfonamides is 3. The van der Waals surface area contributed by atoms with Crippen molar-refractivity contribution in [3.63, 3.8) is 0 Å². The number of hydrogen-bond acceptors (Lipinski definition) is 25. The van der Waals surface area contributed by atoms with E-state index in [9.17, 15) is 55.0 Å². The first kappa shape index (κ1) is 76.1. The molecule has 0 bridgehead atoms. The van der Waals surface area contributed by atoms with Gasteiger partial charge in [0.05, 0.1) is 104 Å². The minimum atomic E-state index is -3.45. The van der Waals surface area contributed by atoms with E-state index in [1.54, 1.807) is 61.5 Å². The van der Waals surface area contributed by atoms with Crippen LogP contribution < -0.4 is 18.9 Å². The Morgan fingerprint density at radius 3 is 0.981 bits per heavy atom. The second kappa shape index (κ2) is 30.4. The number of allylic oxidation sites excluding steroid dienone is 3. The van der Waals surface area contributed by atoms with E-state index in [2.05, 4.69) is 73.9 Å². The SMILES string of the molecule is [C-]#[N+]C1=C(C(=O)OC)c2nc(-c3ccc(NS(C)(=O)=O)cc3)nn2C1=Nc1cc(C)c(O)c(Cl)c1.[C-]#[N+]C1=C(C(=O)OC)c2nc(-c3ccc(NS(C)(=O)=O)cc3)nn2C1=Nc1cc(Cl)c(O)c(Cl)c1.[C-]#[N+]C1=C(C(=O)OC)c2nc(-c3ccc(NS(C)(=O)=O)cc3)nn2C1=Nc1cc(Cl)c(O)c(OC)c1. The third-order valence-corrected chi connectivity index (χ3v) is 17.4. The molecule has 0 aliphatic carbocycles. The topological polar surface area (TPSA) is 430 Å². The number of ether oxygens (including phenoxy) is 4. The Labute approximate surface area is 621 Å². The average Bonchev–Trinajstić information content (AvgIpc) is 1.60. The van der Waals surface area contributed by atoms with Crippen LogP contribution in [-0.2, 0) is 58.7 Å². The molecule has 12 rings (SSSR count). The number of halogens is 4. The Kier molecular flexibility index (Phi) is 21.8. The van der Waals surface area contributed by atoms with Gasteiger partial charge in [0, 0.05) is 39.8 Å². The molecular weight excluding hydrogens is 1530 g/mol. The fraction of sp³-hybridized carbons (Fsp3) is 0.123. The number of hydrogen-bond donors (Lipinski definition) is 6. The first-order chi connectivity index (χ1) is 50.1. The number of phenolic OH excluding ortho intramolecular Hbond substituents is 3. The number of aromatic hydroxyl groups is 3. The minimum Gasteiger partial charge on any atom is -0.506 e. The van der Waals surface area contributed by atoms with Crippen molar-refractivity contribution in [3.8, 4) is 57.2 Å². The molecule has 0 fully saturated rings. The van der Waals surface area contributed by atoms with Crippen molar-refractivity contribution in [1.82, 2.24) is 44.3 Å². The summed E-state index contributed by atoms with van der Waals surface area (Å²) in [7, 11) is -5.47. The number of carbonyl (C=O) groups excluding carboxylic acids is 3. The molecule has 6 aromatic carbocycles. The van der Waals surface area contributed by atoms with Gasteiger partial charge in [-0.3, -0.25) is 14.2 Å². The van der Waals surface area contributed by atoms with E-state index in [1.165, 1.54) is 97.1 Å². The van der Waals surface area contributed by atoms with Crippen molar-refractivity contribution in [2.24, 2.45) is 15.0 Å². The second-order valence-electron chi connectivity index (χ2n) is 22.0. The van der Waals surface area contributed by atoms with Crippen LogP contribution in [-0.4, -0.2) is 167 Å². The zero-order valence-corrected chi connectivity index (χ0v) is 61.0. The molecule has 0 unspecified atom stereocenters. The first-order valence-electron chi connectivity index (χ1n) is 29.4. The summed E-state index contributed by atoms with van der Waals surface area (Å²) in [5, 5.41) is 42.9. The largest absolute Gasteiger partial charge is 0.506 e. The van der Waals surface area contributed by atoms with Crippen LogP contribution >= 0.6 is 46.4 Å². The first-order valence-corrected chi connectivity index (χ1v) is 36.6. The Morgan fingerprint density at radius 2 is 0.717 bits per heavy atom. The van der Waals surface area contributed by atoms with Gasteiger partial charge in [-0.25, -0.2) is 98.1 Å². The van der Waals surface area contributed by atoms with Gasteiger partial charge < -0.3 is 34.3 Å². The van der Waals surface area contributed by atoms with Crippen LogP contribution in [0.3, 0.4) is 0 Å². The van der Waals surface area contributed by atoms with Gasteiger partial charge in [0.2, 0.25) is 47.2 Å². The average molecular weight is 1580 g/mol. The smallest absolute Gasteiger partial charge is 0.331 e. The monoisotopic (exact) mass is 1570 g/mol. The molecule has 6 N–H and O–H groups in total. The lowest BCUT2D eigenvalue weighted by Gasteiger charge is -2.07. The fourth-order valence-corrected chi connectivity index (χ4v) is 12.6. The summed E-state index contributed by atoms with van der Waals surface area (Å²) >= 11 is 24.1. The van der Waals surface area contributed by atoms with Crippen molar-refractivity contribution in [2.75, 3.05) is 61.4 Å². The van der Waals surface area contributed by atoms with E-state index in [4.69, 9.17) is 85.1 Å². The zero-order valence-electron chi connectivity index (χ0n) is 55.5. The minimum absolute atomic E-state index is 0.0154. The number of rotatable bonds is 16. The normalized spacial score (nSPS) is 14.0.